The summed E-state index contributed by atoms with van der Waals surface area (Å²) >= 11 is 6.03. The first-order valence-corrected chi connectivity index (χ1v) is 5.73. The maximum absolute atomic E-state index is 13.4. The zero-order chi connectivity index (χ0) is 10.8. The van der Waals surface area contributed by atoms with Crippen LogP contribution >= 0.6 is 11.6 Å². The molecule has 0 aromatic heterocycles. The molecule has 1 aliphatic rings. The molecule has 0 radical (unpaired) electrons. The van der Waals surface area contributed by atoms with E-state index < -0.39 is 0 Å². The van der Waals surface area contributed by atoms with Gasteiger partial charge in [0.1, 0.15) is 5.82 Å². The Hall–Kier alpha value is -0.600. The molecule has 0 spiro atoms. The minimum atomic E-state index is -0.303. The lowest BCUT2D eigenvalue weighted by Gasteiger charge is -2.25. The van der Waals surface area contributed by atoms with Gasteiger partial charge in [-0.1, -0.05) is 17.7 Å². The highest BCUT2D eigenvalue weighted by molar-refractivity contribution is 6.31. The van der Waals surface area contributed by atoms with E-state index in [1.54, 1.807) is 0 Å². The normalized spacial score (nSPS) is 21.7. The van der Waals surface area contributed by atoms with Crippen LogP contribution in [0.1, 0.15) is 29.9 Å². The molecule has 1 fully saturated rings. The Labute approximate surface area is 94.6 Å². The van der Waals surface area contributed by atoms with Gasteiger partial charge in [0.05, 0.1) is 5.02 Å². The number of piperidine rings is 1. The topological polar surface area (TPSA) is 12.0 Å². The van der Waals surface area contributed by atoms with Crippen molar-refractivity contribution in [2.45, 2.75) is 25.7 Å². The fraction of sp³-hybridized carbons (Fsp3) is 0.500. The molecule has 1 saturated heterocycles. The Bertz CT molecular complexity index is 359. The summed E-state index contributed by atoms with van der Waals surface area (Å²) in [6, 6.07) is 3.25. The van der Waals surface area contributed by atoms with Crippen molar-refractivity contribution < 1.29 is 4.39 Å². The monoisotopic (exact) mass is 227 g/mol. The van der Waals surface area contributed by atoms with Crippen molar-refractivity contribution in [2.24, 2.45) is 0 Å². The molecule has 0 aliphatic carbocycles. The number of hydrogen-bond acceptors (Lipinski definition) is 1. The van der Waals surface area contributed by atoms with Crippen molar-refractivity contribution >= 4 is 11.6 Å². The van der Waals surface area contributed by atoms with E-state index in [4.69, 9.17) is 11.6 Å². The third kappa shape index (κ3) is 2.16. The fourth-order valence-corrected chi connectivity index (χ4v) is 2.63. The van der Waals surface area contributed by atoms with Gasteiger partial charge in [-0.3, -0.25) is 0 Å². The van der Waals surface area contributed by atoms with E-state index >= 15 is 0 Å². The van der Waals surface area contributed by atoms with E-state index in [1.165, 1.54) is 6.07 Å². The van der Waals surface area contributed by atoms with Gasteiger partial charge in [0.2, 0.25) is 0 Å². The third-order valence-corrected chi connectivity index (χ3v) is 3.44. The minimum absolute atomic E-state index is 0.303. The molecule has 1 aliphatic heterocycles. The lowest BCUT2D eigenvalue weighted by atomic mass is 9.88. The molecule has 0 bridgehead atoms. The highest BCUT2D eigenvalue weighted by Crippen LogP contribution is 2.33. The first kappa shape index (κ1) is 10.9. The average Bonchev–Trinajstić information content (AvgIpc) is 2.26. The molecule has 1 nitrogen and oxygen atoms in total. The molecular weight excluding hydrogens is 213 g/mol. The van der Waals surface area contributed by atoms with E-state index in [-0.39, 0.29) is 5.82 Å². The quantitative estimate of drug-likeness (QED) is 0.777. The van der Waals surface area contributed by atoms with Crippen LogP contribution in [-0.4, -0.2) is 13.1 Å². The van der Waals surface area contributed by atoms with E-state index in [2.05, 4.69) is 5.32 Å². The van der Waals surface area contributed by atoms with Gasteiger partial charge in [-0.05, 0) is 49.4 Å². The molecule has 0 saturated carbocycles. The molecular formula is C12H15ClFN. The number of hydrogen-bond donors (Lipinski definition) is 1. The lowest BCUT2D eigenvalue weighted by molar-refractivity contribution is 0.458. The van der Waals surface area contributed by atoms with Gasteiger partial charge in [-0.25, -0.2) is 4.39 Å². The van der Waals surface area contributed by atoms with Crippen molar-refractivity contribution in [1.82, 2.24) is 5.32 Å². The molecule has 0 amide bonds. The van der Waals surface area contributed by atoms with Crippen LogP contribution in [0.3, 0.4) is 0 Å². The minimum Gasteiger partial charge on any atom is -0.316 e. The zero-order valence-corrected chi connectivity index (χ0v) is 9.57. The van der Waals surface area contributed by atoms with Gasteiger partial charge in [0.25, 0.3) is 0 Å². The molecule has 1 heterocycles. The maximum Gasteiger partial charge on any atom is 0.142 e. The highest BCUT2D eigenvalue weighted by Gasteiger charge is 2.21. The molecule has 1 aromatic rings. The van der Waals surface area contributed by atoms with Crippen LogP contribution in [0.2, 0.25) is 5.02 Å². The molecule has 15 heavy (non-hydrogen) atoms. The van der Waals surface area contributed by atoms with Gasteiger partial charge in [0.15, 0.2) is 0 Å². The summed E-state index contributed by atoms with van der Waals surface area (Å²) in [4.78, 5) is 0. The van der Waals surface area contributed by atoms with E-state index in [1.807, 2.05) is 13.0 Å². The predicted molar refractivity (Wildman–Crippen MR) is 61.0 cm³/mol. The van der Waals surface area contributed by atoms with Gasteiger partial charge in [0, 0.05) is 6.54 Å². The SMILES string of the molecule is Cc1ccc(F)c(Cl)c1C1CCCNC1. The first-order valence-electron chi connectivity index (χ1n) is 5.35. The lowest BCUT2D eigenvalue weighted by Crippen LogP contribution is -2.29. The number of nitrogens with one attached hydrogen (secondary N) is 1. The van der Waals surface area contributed by atoms with Gasteiger partial charge in [-0.15, -0.1) is 0 Å². The second-order valence-corrected chi connectivity index (χ2v) is 4.51. The van der Waals surface area contributed by atoms with Gasteiger partial charge in [-0.2, -0.15) is 0 Å². The first-order chi connectivity index (χ1) is 7.20. The molecule has 1 unspecified atom stereocenters. The van der Waals surface area contributed by atoms with Crippen molar-refractivity contribution in [2.75, 3.05) is 13.1 Å². The van der Waals surface area contributed by atoms with Crippen LogP contribution in [0.25, 0.3) is 0 Å². The van der Waals surface area contributed by atoms with E-state index in [0.717, 1.165) is 37.1 Å². The third-order valence-electron chi connectivity index (χ3n) is 3.06. The Morgan fingerprint density at radius 1 is 1.47 bits per heavy atom. The summed E-state index contributed by atoms with van der Waals surface area (Å²) in [7, 11) is 0. The highest BCUT2D eigenvalue weighted by atomic mass is 35.5. The Morgan fingerprint density at radius 2 is 2.27 bits per heavy atom. The number of benzene rings is 1. The van der Waals surface area contributed by atoms with Crippen molar-refractivity contribution in [3.05, 3.63) is 34.1 Å². The number of aryl methyl sites for hydroxylation is 1. The van der Waals surface area contributed by atoms with Crippen molar-refractivity contribution in [3.63, 3.8) is 0 Å². The zero-order valence-electron chi connectivity index (χ0n) is 8.82. The maximum atomic E-state index is 13.4. The van der Waals surface area contributed by atoms with Crippen LogP contribution in [0, 0.1) is 12.7 Å². The predicted octanol–water partition coefficient (Wildman–Crippen LogP) is 3.25. The van der Waals surface area contributed by atoms with E-state index in [0.29, 0.717) is 10.9 Å². The summed E-state index contributed by atoms with van der Waals surface area (Å²) in [6.07, 6.45) is 2.23. The van der Waals surface area contributed by atoms with Gasteiger partial charge < -0.3 is 5.32 Å². The standard InChI is InChI=1S/C12H15ClFN/c1-8-4-5-10(14)12(13)11(8)9-3-2-6-15-7-9/h4-5,9,15H,2-3,6-7H2,1H3. The summed E-state index contributed by atoms with van der Waals surface area (Å²) in [6.45, 7) is 3.96. The van der Waals surface area contributed by atoms with Crippen LogP contribution in [-0.2, 0) is 0 Å². The Kier molecular flexibility index (Phi) is 3.27. The van der Waals surface area contributed by atoms with Crippen LogP contribution < -0.4 is 5.32 Å². The fourth-order valence-electron chi connectivity index (χ4n) is 2.26. The summed E-state index contributed by atoms with van der Waals surface area (Å²) in [5.41, 5.74) is 2.08. The smallest absolute Gasteiger partial charge is 0.142 e. The van der Waals surface area contributed by atoms with Crippen LogP contribution in [0.15, 0.2) is 12.1 Å². The molecule has 3 heteroatoms. The summed E-state index contributed by atoms with van der Waals surface area (Å²) < 4.78 is 13.4. The number of halogens is 2. The molecule has 2 rings (SSSR count). The van der Waals surface area contributed by atoms with Crippen molar-refractivity contribution in [3.8, 4) is 0 Å². The number of rotatable bonds is 1. The second-order valence-electron chi connectivity index (χ2n) is 4.14. The van der Waals surface area contributed by atoms with Gasteiger partial charge >= 0.3 is 0 Å². The summed E-state index contributed by atoms with van der Waals surface area (Å²) in [5, 5.41) is 3.64. The molecule has 1 N–H and O–H groups in total. The van der Waals surface area contributed by atoms with Crippen molar-refractivity contribution in [1.29, 1.82) is 0 Å². The molecule has 82 valence electrons. The average molecular weight is 228 g/mol. The molecule has 1 aromatic carbocycles. The van der Waals surface area contributed by atoms with E-state index in [9.17, 15) is 4.39 Å². The Morgan fingerprint density at radius 3 is 2.93 bits per heavy atom. The largest absolute Gasteiger partial charge is 0.316 e. The summed E-state index contributed by atoms with van der Waals surface area (Å²) in [5.74, 6) is 0.0600. The van der Waals surface area contributed by atoms with Crippen LogP contribution in [0.5, 0.6) is 0 Å². The molecule has 1 atom stereocenters. The Balaban J connectivity index is 2.36. The van der Waals surface area contributed by atoms with Crippen LogP contribution in [0.4, 0.5) is 4.39 Å². The second kappa shape index (κ2) is 4.50.